The first-order chi connectivity index (χ1) is 40.5. The molecule has 1 unspecified atom stereocenters. The molecule has 0 saturated heterocycles. The number of allylic oxidation sites excluding steroid dienone is 26. The Morgan fingerprint density at radius 1 is 0.256 bits per heavy atom. The minimum atomic E-state index is -0.820. The molecular weight excluding hydrogens is 1010 g/mol. The van der Waals surface area contributed by atoms with Gasteiger partial charge in [-0.05, 0) is 141 Å². The van der Waals surface area contributed by atoms with E-state index >= 15 is 0 Å². The lowest BCUT2D eigenvalue weighted by molar-refractivity contribution is -0.167. The SMILES string of the molecule is CC/C=C\C/C=C\C/C=C\C/C=C\C/C=C\C/C=C\C/C=C\CCCC(=O)OC(COC(=O)CCCCCCC/C=C\CCCCC)COC(=O)CCCCCCCCCCCCCCC/C=C\C/C=C\C/C=C\C/C=C\C/C=C\CC. The summed E-state index contributed by atoms with van der Waals surface area (Å²) in [6.07, 6.45) is 99.8. The first-order valence-electron chi connectivity index (χ1n) is 33.5. The summed E-state index contributed by atoms with van der Waals surface area (Å²) >= 11 is 0. The molecule has 0 aliphatic carbocycles. The molecule has 0 saturated carbocycles. The Bertz CT molecular complexity index is 1830. The molecule has 462 valence electrons. The van der Waals surface area contributed by atoms with Gasteiger partial charge < -0.3 is 14.2 Å². The lowest BCUT2D eigenvalue weighted by Crippen LogP contribution is -2.30. The van der Waals surface area contributed by atoms with Crippen LogP contribution in [0.25, 0.3) is 0 Å². The molecule has 0 heterocycles. The molecule has 0 aliphatic heterocycles. The van der Waals surface area contributed by atoms with Crippen LogP contribution in [0, 0.1) is 0 Å². The number of rotatable bonds is 59. The van der Waals surface area contributed by atoms with Crippen molar-refractivity contribution in [3.8, 4) is 0 Å². The summed E-state index contributed by atoms with van der Waals surface area (Å²) < 4.78 is 16.9. The summed E-state index contributed by atoms with van der Waals surface area (Å²) in [4.78, 5) is 38.3. The molecule has 0 aromatic carbocycles. The van der Waals surface area contributed by atoms with Crippen LogP contribution in [-0.4, -0.2) is 37.2 Å². The van der Waals surface area contributed by atoms with Crippen molar-refractivity contribution >= 4 is 17.9 Å². The highest BCUT2D eigenvalue weighted by Crippen LogP contribution is 2.15. The fraction of sp³-hybridized carbons (Fsp3) is 0.618. The van der Waals surface area contributed by atoms with Gasteiger partial charge in [0, 0.05) is 19.3 Å². The van der Waals surface area contributed by atoms with E-state index in [1.807, 2.05) is 0 Å². The number of hydrogen-bond acceptors (Lipinski definition) is 6. The molecule has 0 radical (unpaired) electrons. The van der Waals surface area contributed by atoms with E-state index in [-0.39, 0.29) is 37.5 Å². The Hall–Kier alpha value is -4.97. The predicted molar refractivity (Wildman–Crippen MR) is 357 cm³/mol. The Labute approximate surface area is 505 Å². The molecule has 0 spiro atoms. The number of carbonyl (C=O) groups is 3. The third-order valence-corrected chi connectivity index (χ3v) is 13.7. The summed E-state index contributed by atoms with van der Waals surface area (Å²) in [5.74, 6) is -0.980. The highest BCUT2D eigenvalue weighted by atomic mass is 16.6. The van der Waals surface area contributed by atoms with Gasteiger partial charge in [0.1, 0.15) is 13.2 Å². The molecule has 6 nitrogen and oxygen atoms in total. The monoisotopic (exact) mass is 1130 g/mol. The maximum Gasteiger partial charge on any atom is 0.306 e. The number of carbonyl (C=O) groups excluding carboxylic acids is 3. The topological polar surface area (TPSA) is 78.9 Å². The van der Waals surface area contributed by atoms with Crippen LogP contribution < -0.4 is 0 Å². The maximum atomic E-state index is 12.9. The minimum Gasteiger partial charge on any atom is -0.462 e. The van der Waals surface area contributed by atoms with Crippen molar-refractivity contribution in [3.63, 3.8) is 0 Å². The van der Waals surface area contributed by atoms with Crippen LogP contribution in [-0.2, 0) is 28.6 Å². The van der Waals surface area contributed by atoms with E-state index < -0.39 is 6.10 Å². The standard InChI is InChI=1S/C76H122O6/c1-4-7-10-13-16-19-22-25-27-29-31-33-35-36-37-38-39-40-42-43-45-47-49-51-54-57-60-63-66-69-75(78)81-72-73(71-80-74(77)68-65-62-59-56-53-24-21-18-15-12-9-6-3)82-76(79)70-67-64-61-58-55-52-50-48-46-44-41-34-32-30-28-26-23-20-17-14-11-8-5-2/h7-8,10-11,16-21,25-28,31-34,36-37,44,46,50,52,58,61,73H,4-6,9,12-15,22-24,29-30,35,38-43,45,47-49,51,53-57,59-60,62-72H2,1-3H3/b10-7-,11-8-,19-16-,20-17-,21-18-,27-25-,28-26-,33-31-,34-32-,37-36-,46-44-,52-50-,61-58-. The van der Waals surface area contributed by atoms with Gasteiger partial charge in [-0.1, -0.05) is 281 Å². The molecule has 0 bridgehead atoms. The fourth-order valence-corrected chi connectivity index (χ4v) is 8.81. The molecule has 0 amide bonds. The number of hydrogen-bond donors (Lipinski definition) is 0. The second-order valence-electron chi connectivity index (χ2n) is 21.6. The van der Waals surface area contributed by atoms with E-state index in [4.69, 9.17) is 14.2 Å². The summed E-state index contributed by atoms with van der Waals surface area (Å²) in [5, 5.41) is 0. The molecule has 0 fully saturated rings. The number of unbranched alkanes of at least 4 members (excludes halogenated alkanes) is 22. The zero-order chi connectivity index (χ0) is 59.2. The quantitative estimate of drug-likeness (QED) is 0.0261. The van der Waals surface area contributed by atoms with Crippen molar-refractivity contribution < 1.29 is 28.6 Å². The van der Waals surface area contributed by atoms with Gasteiger partial charge in [0.15, 0.2) is 6.10 Å². The zero-order valence-corrected chi connectivity index (χ0v) is 52.9. The normalized spacial score (nSPS) is 13.2. The Kier molecular flexibility index (Phi) is 64.4. The van der Waals surface area contributed by atoms with E-state index in [0.29, 0.717) is 19.3 Å². The van der Waals surface area contributed by atoms with Gasteiger partial charge in [-0.3, -0.25) is 14.4 Å². The average Bonchev–Trinajstić information content (AvgIpc) is 3.47. The van der Waals surface area contributed by atoms with E-state index in [1.165, 1.54) is 103 Å². The van der Waals surface area contributed by atoms with E-state index in [1.54, 1.807) is 0 Å². The smallest absolute Gasteiger partial charge is 0.306 e. The summed E-state index contributed by atoms with van der Waals surface area (Å²) in [6.45, 7) is 6.34. The van der Waals surface area contributed by atoms with Crippen LogP contribution >= 0.6 is 0 Å². The summed E-state index contributed by atoms with van der Waals surface area (Å²) in [7, 11) is 0. The molecule has 1 atom stereocenters. The third-order valence-electron chi connectivity index (χ3n) is 13.7. The molecule has 0 N–H and O–H groups in total. The molecular formula is C76H122O6. The first kappa shape index (κ1) is 77.0. The average molecular weight is 1130 g/mol. The summed E-state index contributed by atoms with van der Waals surface area (Å²) in [6, 6.07) is 0. The van der Waals surface area contributed by atoms with Gasteiger partial charge in [0.05, 0.1) is 0 Å². The molecule has 0 aromatic heterocycles. The van der Waals surface area contributed by atoms with Gasteiger partial charge in [-0.2, -0.15) is 0 Å². The van der Waals surface area contributed by atoms with Crippen LogP contribution in [0.1, 0.15) is 284 Å². The van der Waals surface area contributed by atoms with Crippen molar-refractivity contribution in [1.29, 1.82) is 0 Å². The lowest BCUT2D eigenvalue weighted by atomic mass is 10.0. The maximum absolute atomic E-state index is 12.9. The molecule has 0 aliphatic rings. The third kappa shape index (κ3) is 65.8. The van der Waals surface area contributed by atoms with Gasteiger partial charge in [0.2, 0.25) is 0 Å². The highest BCUT2D eigenvalue weighted by molar-refractivity contribution is 5.71. The van der Waals surface area contributed by atoms with E-state index in [9.17, 15) is 14.4 Å². The number of ether oxygens (including phenoxy) is 3. The van der Waals surface area contributed by atoms with Gasteiger partial charge in [-0.25, -0.2) is 0 Å². The summed E-state index contributed by atoms with van der Waals surface area (Å²) in [5.41, 5.74) is 0. The van der Waals surface area contributed by atoms with Crippen molar-refractivity contribution in [2.24, 2.45) is 0 Å². The minimum absolute atomic E-state index is 0.109. The van der Waals surface area contributed by atoms with Gasteiger partial charge >= 0.3 is 17.9 Å². The highest BCUT2D eigenvalue weighted by Gasteiger charge is 2.19. The zero-order valence-electron chi connectivity index (χ0n) is 52.9. The second kappa shape index (κ2) is 68.5. The van der Waals surface area contributed by atoms with Crippen LogP contribution in [0.15, 0.2) is 158 Å². The second-order valence-corrected chi connectivity index (χ2v) is 21.6. The van der Waals surface area contributed by atoms with Crippen LogP contribution in [0.4, 0.5) is 0 Å². The van der Waals surface area contributed by atoms with Crippen LogP contribution in [0.5, 0.6) is 0 Å². The van der Waals surface area contributed by atoms with E-state index in [0.717, 1.165) is 135 Å². The van der Waals surface area contributed by atoms with Crippen LogP contribution in [0.2, 0.25) is 0 Å². The van der Waals surface area contributed by atoms with Crippen molar-refractivity contribution in [2.75, 3.05) is 13.2 Å². The predicted octanol–water partition coefficient (Wildman–Crippen LogP) is 23.3. The van der Waals surface area contributed by atoms with E-state index in [2.05, 4.69) is 179 Å². The molecule has 6 heteroatoms. The lowest BCUT2D eigenvalue weighted by Gasteiger charge is -2.18. The molecule has 0 aromatic rings. The number of esters is 3. The largest absolute Gasteiger partial charge is 0.462 e. The van der Waals surface area contributed by atoms with Crippen molar-refractivity contribution in [3.05, 3.63) is 158 Å². The Balaban J connectivity index is 4.38. The van der Waals surface area contributed by atoms with Gasteiger partial charge in [0.25, 0.3) is 0 Å². The van der Waals surface area contributed by atoms with Crippen LogP contribution in [0.3, 0.4) is 0 Å². The Morgan fingerprint density at radius 2 is 0.488 bits per heavy atom. The Morgan fingerprint density at radius 3 is 0.793 bits per heavy atom. The molecule has 0 rings (SSSR count). The van der Waals surface area contributed by atoms with Crippen molar-refractivity contribution in [2.45, 2.75) is 290 Å². The van der Waals surface area contributed by atoms with Crippen molar-refractivity contribution in [1.82, 2.24) is 0 Å². The first-order valence-corrected chi connectivity index (χ1v) is 33.5. The molecule has 82 heavy (non-hydrogen) atoms. The fourth-order valence-electron chi connectivity index (χ4n) is 8.81. The van der Waals surface area contributed by atoms with Gasteiger partial charge in [-0.15, -0.1) is 0 Å².